The predicted molar refractivity (Wildman–Crippen MR) is 80.5 cm³/mol. The molecular weight excluding hydrogens is 246 g/mol. The van der Waals surface area contributed by atoms with Gasteiger partial charge in [0.05, 0.1) is 0 Å². The Bertz CT molecular complexity index is 451. The van der Waals surface area contributed by atoms with Crippen LogP contribution in [0.25, 0.3) is 0 Å². The van der Waals surface area contributed by atoms with E-state index >= 15 is 0 Å². The summed E-state index contributed by atoms with van der Waals surface area (Å²) in [7, 11) is 0. The average molecular weight is 273 g/mol. The molecule has 5 rings (SSSR count). The molecule has 4 aliphatic carbocycles. The van der Waals surface area contributed by atoms with Crippen molar-refractivity contribution in [1.29, 1.82) is 0 Å². The van der Waals surface area contributed by atoms with Crippen LogP contribution in [0.3, 0.4) is 0 Å². The molecule has 1 heterocycles. The SMILES string of the molecule is CCC(CN)c1ncc(C23CC4CC(CC(C4)C2)C3)[nH]1. The largest absolute Gasteiger partial charge is 0.345 e. The summed E-state index contributed by atoms with van der Waals surface area (Å²) in [5.41, 5.74) is 7.74. The van der Waals surface area contributed by atoms with E-state index in [0.717, 1.165) is 30.0 Å². The van der Waals surface area contributed by atoms with E-state index in [2.05, 4.69) is 23.1 Å². The van der Waals surface area contributed by atoms with Crippen LogP contribution in [-0.2, 0) is 5.41 Å². The van der Waals surface area contributed by atoms with Crippen LogP contribution in [0.1, 0.15) is 69.3 Å². The molecule has 4 fully saturated rings. The summed E-state index contributed by atoms with van der Waals surface area (Å²) >= 11 is 0. The predicted octanol–water partition coefficient (Wildman–Crippen LogP) is 3.33. The van der Waals surface area contributed by atoms with Gasteiger partial charge in [-0.15, -0.1) is 0 Å². The van der Waals surface area contributed by atoms with Crippen molar-refractivity contribution in [2.75, 3.05) is 6.54 Å². The van der Waals surface area contributed by atoms with Crippen molar-refractivity contribution < 1.29 is 0 Å². The van der Waals surface area contributed by atoms with Crippen molar-refractivity contribution in [2.45, 2.75) is 63.2 Å². The molecule has 1 unspecified atom stereocenters. The number of H-pyrrole nitrogens is 1. The third-order valence-corrected chi connectivity index (χ3v) is 6.37. The van der Waals surface area contributed by atoms with Crippen molar-refractivity contribution >= 4 is 0 Å². The second-order valence-corrected chi connectivity index (χ2v) is 7.72. The minimum absolute atomic E-state index is 0.401. The zero-order valence-electron chi connectivity index (χ0n) is 12.6. The monoisotopic (exact) mass is 273 g/mol. The van der Waals surface area contributed by atoms with E-state index in [1.165, 1.54) is 44.2 Å². The minimum atomic E-state index is 0.401. The Hall–Kier alpha value is -0.830. The summed E-state index contributed by atoms with van der Waals surface area (Å²) in [6.07, 6.45) is 11.9. The zero-order chi connectivity index (χ0) is 13.7. The molecule has 0 radical (unpaired) electrons. The number of rotatable bonds is 4. The molecule has 0 aromatic carbocycles. The van der Waals surface area contributed by atoms with Crippen molar-refractivity contribution in [3.63, 3.8) is 0 Å². The molecule has 0 aliphatic heterocycles. The lowest BCUT2D eigenvalue weighted by Gasteiger charge is -2.56. The second-order valence-electron chi connectivity index (χ2n) is 7.72. The van der Waals surface area contributed by atoms with Crippen LogP contribution in [0.15, 0.2) is 6.20 Å². The maximum atomic E-state index is 5.87. The maximum Gasteiger partial charge on any atom is 0.110 e. The summed E-state index contributed by atoms with van der Waals surface area (Å²) in [6, 6.07) is 0. The molecule has 0 amide bonds. The Balaban J connectivity index is 1.64. The van der Waals surface area contributed by atoms with Crippen LogP contribution in [-0.4, -0.2) is 16.5 Å². The van der Waals surface area contributed by atoms with Crippen molar-refractivity contribution in [1.82, 2.24) is 9.97 Å². The highest BCUT2D eigenvalue weighted by molar-refractivity contribution is 5.23. The first-order valence-corrected chi connectivity index (χ1v) is 8.48. The van der Waals surface area contributed by atoms with Crippen molar-refractivity contribution in [3.8, 4) is 0 Å². The van der Waals surface area contributed by atoms with Crippen LogP contribution in [0, 0.1) is 17.8 Å². The number of nitrogens with one attached hydrogen (secondary N) is 1. The molecule has 3 nitrogen and oxygen atoms in total. The fraction of sp³-hybridized carbons (Fsp3) is 0.824. The first-order chi connectivity index (χ1) is 9.72. The molecule has 0 saturated heterocycles. The van der Waals surface area contributed by atoms with Gasteiger partial charge in [0, 0.05) is 29.8 Å². The lowest BCUT2D eigenvalue weighted by atomic mass is 9.49. The topological polar surface area (TPSA) is 54.7 Å². The number of hydrogen-bond donors (Lipinski definition) is 2. The van der Waals surface area contributed by atoms with Crippen LogP contribution < -0.4 is 5.73 Å². The molecule has 0 spiro atoms. The minimum Gasteiger partial charge on any atom is -0.345 e. The van der Waals surface area contributed by atoms with Gasteiger partial charge in [0.15, 0.2) is 0 Å². The van der Waals surface area contributed by atoms with Gasteiger partial charge in [-0.1, -0.05) is 6.92 Å². The number of aromatic amines is 1. The Morgan fingerprint density at radius 2 is 1.85 bits per heavy atom. The second kappa shape index (κ2) is 4.59. The highest BCUT2D eigenvalue weighted by Crippen LogP contribution is 2.60. The van der Waals surface area contributed by atoms with Crippen molar-refractivity contribution in [2.24, 2.45) is 23.5 Å². The molecule has 1 atom stereocenters. The van der Waals surface area contributed by atoms with E-state index < -0.39 is 0 Å². The van der Waals surface area contributed by atoms with E-state index in [9.17, 15) is 0 Å². The molecule has 1 aromatic rings. The smallest absolute Gasteiger partial charge is 0.110 e. The van der Waals surface area contributed by atoms with E-state index in [1.807, 2.05) is 0 Å². The van der Waals surface area contributed by atoms with Gasteiger partial charge in [-0.25, -0.2) is 4.98 Å². The van der Waals surface area contributed by atoms with Crippen LogP contribution >= 0.6 is 0 Å². The van der Waals surface area contributed by atoms with E-state index in [-0.39, 0.29) is 0 Å². The summed E-state index contributed by atoms with van der Waals surface area (Å²) in [5.74, 6) is 4.50. The first kappa shape index (κ1) is 12.9. The number of aromatic nitrogens is 2. The van der Waals surface area contributed by atoms with E-state index in [1.54, 1.807) is 0 Å². The van der Waals surface area contributed by atoms with E-state index in [4.69, 9.17) is 5.73 Å². The average Bonchev–Trinajstić information content (AvgIpc) is 2.89. The fourth-order valence-electron chi connectivity index (χ4n) is 5.73. The number of hydrogen-bond acceptors (Lipinski definition) is 2. The molecule has 110 valence electrons. The highest BCUT2D eigenvalue weighted by atomic mass is 14.9. The molecular formula is C17H27N3. The summed E-state index contributed by atoms with van der Waals surface area (Å²) in [6.45, 7) is 2.90. The lowest BCUT2D eigenvalue weighted by molar-refractivity contribution is -0.00707. The Morgan fingerprint density at radius 1 is 1.25 bits per heavy atom. The Morgan fingerprint density at radius 3 is 2.35 bits per heavy atom. The van der Waals surface area contributed by atoms with Gasteiger partial charge >= 0.3 is 0 Å². The van der Waals surface area contributed by atoms with Gasteiger partial charge < -0.3 is 10.7 Å². The quantitative estimate of drug-likeness (QED) is 0.884. The highest BCUT2D eigenvalue weighted by Gasteiger charge is 2.52. The van der Waals surface area contributed by atoms with Crippen LogP contribution in [0.4, 0.5) is 0 Å². The Kier molecular flexibility index (Phi) is 2.95. The van der Waals surface area contributed by atoms with Gasteiger partial charge in [0.1, 0.15) is 5.82 Å². The molecule has 4 aliphatic rings. The molecule has 3 N–H and O–H groups in total. The van der Waals surface area contributed by atoms with Gasteiger partial charge in [-0.2, -0.15) is 0 Å². The number of nitrogens with two attached hydrogens (primary N) is 1. The third kappa shape index (κ3) is 1.86. The maximum absolute atomic E-state index is 5.87. The first-order valence-electron chi connectivity index (χ1n) is 8.48. The summed E-state index contributed by atoms with van der Waals surface area (Å²) in [4.78, 5) is 8.36. The van der Waals surface area contributed by atoms with Crippen molar-refractivity contribution in [3.05, 3.63) is 17.7 Å². The van der Waals surface area contributed by atoms with Gasteiger partial charge in [0.25, 0.3) is 0 Å². The number of nitrogens with zero attached hydrogens (tertiary/aromatic N) is 1. The van der Waals surface area contributed by atoms with Crippen LogP contribution in [0.5, 0.6) is 0 Å². The van der Waals surface area contributed by atoms with Gasteiger partial charge in [-0.05, 0) is 62.7 Å². The molecule has 4 saturated carbocycles. The fourth-order valence-corrected chi connectivity index (χ4v) is 5.73. The molecule has 20 heavy (non-hydrogen) atoms. The Labute approximate surface area is 121 Å². The normalized spacial score (nSPS) is 40.2. The van der Waals surface area contributed by atoms with Gasteiger partial charge in [-0.3, -0.25) is 0 Å². The standard InChI is InChI=1S/C17H27N3/c1-2-14(9-18)16-19-10-15(20-16)17-6-11-3-12(7-17)5-13(4-11)8-17/h10-14H,2-9,18H2,1H3,(H,19,20). The van der Waals surface area contributed by atoms with Gasteiger partial charge in [0.2, 0.25) is 0 Å². The van der Waals surface area contributed by atoms with Crippen LogP contribution in [0.2, 0.25) is 0 Å². The third-order valence-electron chi connectivity index (χ3n) is 6.37. The molecule has 3 heteroatoms. The molecule has 4 bridgehead atoms. The lowest BCUT2D eigenvalue weighted by Crippen LogP contribution is -2.48. The summed E-state index contributed by atoms with van der Waals surface area (Å²) < 4.78 is 0. The summed E-state index contributed by atoms with van der Waals surface area (Å²) in [5, 5.41) is 0. The zero-order valence-corrected chi connectivity index (χ0v) is 12.6. The van der Waals surface area contributed by atoms with E-state index in [0.29, 0.717) is 17.9 Å². The molecule has 1 aromatic heterocycles. The number of imidazole rings is 1.